The summed E-state index contributed by atoms with van der Waals surface area (Å²) in [6.45, 7) is 9.53. The monoisotopic (exact) mass is 356 g/mol. The highest BCUT2D eigenvalue weighted by atomic mass is 16.6. The summed E-state index contributed by atoms with van der Waals surface area (Å²) in [6.07, 6.45) is 0.927. The van der Waals surface area contributed by atoms with E-state index < -0.39 is 5.60 Å². The van der Waals surface area contributed by atoms with E-state index in [2.05, 4.69) is 39.5 Å². The maximum absolute atomic E-state index is 12.3. The van der Waals surface area contributed by atoms with E-state index in [-0.39, 0.29) is 12.1 Å². The van der Waals surface area contributed by atoms with Gasteiger partial charge in [-0.05, 0) is 38.3 Å². The Morgan fingerprint density at radius 2 is 2.12 bits per heavy atom. The number of piperazine rings is 1. The highest BCUT2D eigenvalue weighted by Gasteiger charge is 2.37. The number of amides is 1. The summed E-state index contributed by atoms with van der Waals surface area (Å²) in [5, 5.41) is 3.55. The Hall–Kier alpha value is -2.24. The van der Waals surface area contributed by atoms with Crippen LogP contribution in [0.2, 0.25) is 0 Å². The van der Waals surface area contributed by atoms with Gasteiger partial charge < -0.3 is 19.9 Å². The van der Waals surface area contributed by atoms with Gasteiger partial charge in [-0.3, -0.25) is 4.99 Å². The molecule has 0 bridgehead atoms. The van der Waals surface area contributed by atoms with E-state index in [4.69, 9.17) is 4.74 Å². The molecule has 1 aromatic rings. The summed E-state index contributed by atoms with van der Waals surface area (Å²) in [7, 11) is 0. The molecule has 6 heteroatoms. The Balaban J connectivity index is 1.28. The van der Waals surface area contributed by atoms with Gasteiger partial charge >= 0.3 is 6.09 Å². The Bertz CT molecular complexity index is 725. The number of carbonyl (C=O) groups is 1. The lowest BCUT2D eigenvalue weighted by molar-refractivity contribution is 0.0137. The molecule has 26 heavy (non-hydrogen) atoms. The third-order valence-corrected chi connectivity index (χ3v) is 5.33. The molecule has 0 radical (unpaired) electrons. The lowest BCUT2D eigenvalue weighted by atomic mass is 9.78. The van der Waals surface area contributed by atoms with Gasteiger partial charge in [0.1, 0.15) is 5.60 Å². The molecule has 1 amide bonds. The van der Waals surface area contributed by atoms with E-state index >= 15 is 0 Å². The van der Waals surface area contributed by atoms with Crippen molar-refractivity contribution in [2.24, 2.45) is 4.99 Å². The third-order valence-electron chi connectivity index (χ3n) is 5.33. The normalized spacial score (nSPS) is 24.3. The third kappa shape index (κ3) is 3.37. The Morgan fingerprint density at radius 1 is 1.31 bits per heavy atom. The zero-order valence-electron chi connectivity index (χ0n) is 15.9. The minimum atomic E-state index is -0.452. The van der Waals surface area contributed by atoms with Crippen molar-refractivity contribution in [3.05, 3.63) is 35.4 Å². The van der Waals surface area contributed by atoms with Gasteiger partial charge in [-0.15, -0.1) is 0 Å². The molecule has 0 spiro atoms. The fourth-order valence-electron chi connectivity index (χ4n) is 3.98. The molecule has 4 rings (SSSR count). The highest BCUT2D eigenvalue weighted by molar-refractivity contribution is 5.82. The lowest BCUT2D eigenvalue weighted by Gasteiger charge is -2.39. The van der Waals surface area contributed by atoms with Gasteiger partial charge in [-0.2, -0.15) is 0 Å². The molecule has 140 valence electrons. The van der Waals surface area contributed by atoms with E-state index in [1.54, 1.807) is 0 Å². The predicted octanol–water partition coefficient (Wildman–Crippen LogP) is 2.21. The number of hydrogen-bond acceptors (Lipinski definition) is 5. The molecule has 3 aliphatic rings. The number of nitrogens with one attached hydrogen (secondary N) is 1. The minimum Gasteiger partial charge on any atom is -0.444 e. The number of nitrogens with zero attached hydrogens (tertiary/aromatic N) is 3. The van der Waals surface area contributed by atoms with Gasteiger partial charge in [0.25, 0.3) is 0 Å². The van der Waals surface area contributed by atoms with Crippen LogP contribution in [-0.4, -0.2) is 66.2 Å². The number of carbonyl (C=O) groups excluding carboxylic acids is 1. The Morgan fingerprint density at radius 3 is 2.88 bits per heavy atom. The number of ether oxygens (including phenoxy) is 1. The van der Waals surface area contributed by atoms with Crippen LogP contribution in [0.3, 0.4) is 0 Å². The molecule has 1 N–H and O–H groups in total. The zero-order valence-corrected chi connectivity index (χ0v) is 15.9. The van der Waals surface area contributed by atoms with Crippen LogP contribution in [0.15, 0.2) is 29.3 Å². The van der Waals surface area contributed by atoms with Crippen LogP contribution in [0.25, 0.3) is 0 Å². The lowest BCUT2D eigenvalue weighted by Crippen LogP contribution is -2.57. The van der Waals surface area contributed by atoms with Gasteiger partial charge in [0.05, 0.1) is 12.6 Å². The summed E-state index contributed by atoms with van der Waals surface area (Å²) in [6, 6.07) is 8.92. The molecule has 6 nitrogen and oxygen atoms in total. The van der Waals surface area contributed by atoms with E-state index in [9.17, 15) is 4.79 Å². The summed E-state index contributed by atoms with van der Waals surface area (Å²) < 4.78 is 5.50. The molecule has 0 saturated carbocycles. The maximum Gasteiger partial charge on any atom is 0.410 e. The van der Waals surface area contributed by atoms with Gasteiger partial charge in [0, 0.05) is 32.1 Å². The van der Waals surface area contributed by atoms with Gasteiger partial charge in [0.2, 0.25) is 0 Å². The first-order valence-electron chi connectivity index (χ1n) is 9.51. The largest absolute Gasteiger partial charge is 0.444 e. The van der Waals surface area contributed by atoms with Crippen molar-refractivity contribution in [2.45, 2.75) is 44.8 Å². The molecular formula is C20H28N4O2. The van der Waals surface area contributed by atoms with E-state index in [1.807, 2.05) is 25.7 Å². The van der Waals surface area contributed by atoms with Crippen molar-refractivity contribution in [3.63, 3.8) is 0 Å². The zero-order chi connectivity index (χ0) is 18.3. The molecule has 1 fully saturated rings. The smallest absolute Gasteiger partial charge is 0.410 e. The summed E-state index contributed by atoms with van der Waals surface area (Å²) in [4.78, 5) is 21.1. The molecule has 0 aromatic heterocycles. The molecule has 1 saturated heterocycles. The average Bonchev–Trinajstić information content (AvgIpc) is 2.96. The second kappa shape index (κ2) is 6.49. The molecule has 2 atom stereocenters. The van der Waals surface area contributed by atoms with Crippen LogP contribution in [0.1, 0.15) is 37.8 Å². The van der Waals surface area contributed by atoms with Crippen molar-refractivity contribution < 1.29 is 9.53 Å². The second-order valence-corrected chi connectivity index (χ2v) is 8.42. The van der Waals surface area contributed by atoms with Crippen LogP contribution >= 0.6 is 0 Å². The fourth-order valence-corrected chi connectivity index (χ4v) is 3.98. The van der Waals surface area contributed by atoms with Crippen LogP contribution in [0, 0.1) is 0 Å². The minimum absolute atomic E-state index is 0.218. The van der Waals surface area contributed by atoms with Crippen LogP contribution in [-0.2, 0) is 11.2 Å². The molecule has 2 aliphatic heterocycles. The van der Waals surface area contributed by atoms with E-state index in [0.717, 1.165) is 32.0 Å². The Kier molecular flexibility index (Phi) is 4.29. The summed E-state index contributed by atoms with van der Waals surface area (Å²) in [5.74, 6) is 1.57. The quantitative estimate of drug-likeness (QED) is 0.883. The summed E-state index contributed by atoms with van der Waals surface area (Å²) >= 11 is 0. The van der Waals surface area contributed by atoms with Crippen LogP contribution < -0.4 is 5.32 Å². The number of rotatable bonds is 2. The first kappa shape index (κ1) is 17.2. The first-order valence-corrected chi connectivity index (χ1v) is 9.51. The van der Waals surface area contributed by atoms with Crippen molar-refractivity contribution in [2.75, 3.05) is 32.7 Å². The standard InChI is InChI=1S/C20H28N4O2/c1-20(2,3)26-19(25)23-8-9-24-16(13-23)12-22-18(24)21-11-15-10-14-6-4-5-7-17(14)15/h4-7,15-16H,8-13H2,1-3H3,(H,21,22). The molecule has 1 aromatic carbocycles. The average molecular weight is 356 g/mol. The molecule has 2 unspecified atom stereocenters. The summed E-state index contributed by atoms with van der Waals surface area (Å²) in [5.41, 5.74) is 2.48. The predicted molar refractivity (Wildman–Crippen MR) is 101 cm³/mol. The molecule has 2 heterocycles. The van der Waals surface area contributed by atoms with Crippen molar-refractivity contribution in [1.29, 1.82) is 0 Å². The fraction of sp³-hybridized carbons (Fsp3) is 0.600. The van der Waals surface area contributed by atoms with Crippen LogP contribution in [0.5, 0.6) is 0 Å². The van der Waals surface area contributed by atoms with Gasteiger partial charge in [-0.25, -0.2) is 4.79 Å². The van der Waals surface area contributed by atoms with Gasteiger partial charge in [0.15, 0.2) is 5.96 Å². The SMILES string of the molecule is CC(C)(C)OC(=O)N1CCN2C(NCC3Cc4ccccc43)=NCC2C1. The topological polar surface area (TPSA) is 57.2 Å². The molecular weight excluding hydrogens is 328 g/mol. The molecule has 1 aliphatic carbocycles. The number of aliphatic imine (C=N–C) groups is 1. The van der Waals surface area contributed by atoms with Crippen molar-refractivity contribution in [3.8, 4) is 0 Å². The highest BCUT2D eigenvalue weighted by Crippen LogP contribution is 2.34. The van der Waals surface area contributed by atoms with Gasteiger partial charge in [-0.1, -0.05) is 24.3 Å². The van der Waals surface area contributed by atoms with E-state index in [0.29, 0.717) is 19.0 Å². The maximum atomic E-state index is 12.3. The van der Waals surface area contributed by atoms with Crippen molar-refractivity contribution in [1.82, 2.24) is 15.1 Å². The first-order chi connectivity index (χ1) is 12.4. The van der Waals surface area contributed by atoms with Crippen molar-refractivity contribution >= 4 is 12.1 Å². The number of fused-ring (bicyclic) bond motifs is 2. The second-order valence-electron chi connectivity index (χ2n) is 8.42. The van der Waals surface area contributed by atoms with Crippen LogP contribution in [0.4, 0.5) is 4.79 Å². The number of guanidine groups is 1. The van der Waals surface area contributed by atoms with E-state index in [1.165, 1.54) is 11.1 Å². The number of hydrogen-bond donors (Lipinski definition) is 1. The Labute approximate surface area is 155 Å². The number of benzene rings is 1.